The van der Waals surface area contributed by atoms with Crippen molar-refractivity contribution in [2.24, 2.45) is 5.73 Å². The summed E-state index contributed by atoms with van der Waals surface area (Å²) in [6.45, 7) is 2.77. The van der Waals surface area contributed by atoms with Gasteiger partial charge < -0.3 is 26.4 Å². The number of carbonyl (C=O) groups is 3. The van der Waals surface area contributed by atoms with E-state index in [1.807, 2.05) is 31.2 Å². The van der Waals surface area contributed by atoms with Gasteiger partial charge in [0.2, 0.25) is 11.8 Å². The molecule has 0 aromatic heterocycles. The lowest BCUT2D eigenvalue weighted by Gasteiger charge is -2.17. The Labute approximate surface area is 207 Å². The van der Waals surface area contributed by atoms with Gasteiger partial charge in [-0.15, -0.1) is 0 Å². The second-order valence-corrected chi connectivity index (χ2v) is 8.72. The largest absolute Gasteiger partial charge is 0.449 e. The average molecular weight is 481 g/mol. The van der Waals surface area contributed by atoms with Crippen LogP contribution in [0.5, 0.6) is 0 Å². The molecule has 2 aromatic carbocycles. The lowest BCUT2D eigenvalue weighted by molar-refractivity contribution is -0.129. The van der Waals surface area contributed by atoms with Crippen molar-refractivity contribution in [3.63, 3.8) is 0 Å². The number of nitrogens with one attached hydrogen (secondary N) is 3. The lowest BCUT2D eigenvalue weighted by atomic mass is 9.98. The Morgan fingerprint density at radius 3 is 2.23 bits per heavy atom. The zero-order valence-electron chi connectivity index (χ0n) is 20.3. The van der Waals surface area contributed by atoms with Gasteiger partial charge in [0.1, 0.15) is 12.6 Å². The normalized spacial score (nSPS) is 12.9. The summed E-state index contributed by atoms with van der Waals surface area (Å²) in [4.78, 5) is 36.3. The van der Waals surface area contributed by atoms with Crippen LogP contribution in [-0.2, 0) is 14.3 Å². The van der Waals surface area contributed by atoms with Gasteiger partial charge in [-0.05, 0) is 41.5 Å². The van der Waals surface area contributed by atoms with Crippen molar-refractivity contribution in [1.29, 1.82) is 0 Å². The fourth-order valence-corrected chi connectivity index (χ4v) is 4.48. The van der Waals surface area contributed by atoms with Crippen LogP contribution in [0.4, 0.5) is 4.79 Å². The molecule has 0 saturated carbocycles. The summed E-state index contributed by atoms with van der Waals surface area (Å²) in [7, 11) is 0. The van der Waals surface area contributed by atoms with Crippen molar-refractivity contribution in [3.05, 3.63) is 59.7 Å². The second kappa shape index (κ2) is 13.5. The van der Waals surface area contributed by atoms with Crippen LogP contribution in [0.3, 0.4) is 0 Å². The smallest absolute Gasteiger partial charge is 0.407 e. The van der Waals surface area contributed by atoms with Crippen LogP contribution >= 0.6 is 0 Å². The maximum atomic E-state index is 12.2. The predicted molar refractivity (Wildman–Crippen MR) is 136 cm³/mol. The number of unbranched alkanes of at least 4 members (excludes halogenated alkanes) is 2. The van der Waals surface area contributed by atoms with Crippen LogP contribution in [0.2, 0.25) is 0 Å². The first-order valence-corrected chi connectivity index (χ1v) is 12.4. The average Bonchev–Trinajstić information content (AvgIpc) is 3.18. The molecule has 8 heteroatoms. The SMILES string of the molecule is CCCC(NC(=O)CCCCCNC(=O)OCC1c2ccccc2-c2ccccc21)C(=O)NCN. The van der Waals surface area contributed by atoms with E-state index in [4.69, 9.17) is 10.5 Å². The third-order valence-electron chi connectivity index (χ3n) is 6.20. The molecule has 8 nitrogen and oxygen atoms in total. The summed E-state index contributed by atoms with van der Waals surface area (Å²) < 4.78 is 5.53. The Morgan fingerprint density at radius 1 is 0.943 bits per heavy atom. The molecule has 188 valence electrons. The number of amides is 3. The van der Waals surface area contributed by atoms with Crippen LogP contribution in [0.25, 0.3) is 11.1 Å². The molecule has 0 spiro atoms. The van der Waals surface area contributed by atoms with Crippen LogP contribution in [-0.4, -0.2) is 43.8 Å². The minimum absolute atomic E-state index is 0.0372. The van der Waals surface area contributed by atoms with Crippen molar-refractivity contribution in [1.82, 2.24) is 16.0 Å². The van der Waals surface area contributed by atoms with E-state index in [0.29, 0.717) is 25.8 Å². The first-order chi connectivity index (χ1) is 17.0. The molecular weight excluding hydrogens is 444 g/mol. The van der Waals surface area contributed by atoms with E-state index in [1.165, 1.54) is 22.3 Å². The van der Waals surface area contributed by atoms with Crippen LogP contribution in [0.1, 0.15) is 62.5 Å². The number of ether oxygens (including phenoxy) is 1. The molecule has 0 fully saturated rings. The molecule has 1 aliphatic rings. The highest BCUT2D eigenvalue weighted by Gasteiger charge is 2.29. The monoisotopic (exact) mass is 480 g/mol. The third-order valence-corrected chi connectivity index (χ3v) is 6.20. The number of hydrogen-bond donors (Lipinski definition) is 4. The molecule has 1 aliphatic carbocycles. The van der Waals surface area contributed by atoms with Crippen molar-refractivity contribution in [2.45, 2.75) is 57.4 Å². The highest BCUT2D eigenvalue weighted by Crippen LogP contribution is 2.44. The van der Waals surface area contributed by atoms with Gasteiger partial charge in [0.15, 0.2) is 0 Å². The fourth-order valence-electron chi connectivity index (χ4n) is 4.48. The van der Waals surface area contributed by atoms with Gasteiger partial charge in [0, 0.05) is 18.9 Å². The van der Waals surface area contributed by atoms with Gasteiger partial charge in [-0.2, -0.15) is 0 Å². The van der Waals surface area contributed by atoms with Gasteiger partial charge >= 0.3 is 6.09 Å². The van der Waals surface area contributed by atoms with E-state index >= 15 is 0 Å². The van der Waals surface area contributed by atoms with Crippen molar-refractivity contribution in [2.75, 3.05) is 19.8 Å². The number of benzene rings is 2. The summed E-state index contributed by atoms with van der Waals surface area (Å²) in [5, 5.41) is 8.11. The van der Waals surface area contributed by atoms with Gasteiger partial charge in [0.25, 0.3) is 0 Å². The van der Waals surface area contributed by atoms with Crippen molar-refractivity contribution >= 4 is 17.9 Å². The Kier molecular flexibility index (Phi) is 10.1. The van der Waals surface area contributed by atoms with Crippen molar-refractivity contribution < 1.29 is 19.1 Å². The summed E-state index contributed by atoms with van der Waals surface area (Å²) in [6.07, 6.45) is 3.45. The van der Waals surface area contributed by atoms with E-state index in [1.54, 1.807) is 0 Å². The topological polar surface area (TPSA) is 123 Å². The fraction of sp³-hybridized carbons (Fsp3) is 0.444. The summed E-state index contributed by atoms with van der Waals surface area (Å²) in [5.41, 5.74) is 10.1. The van der Waals surface area contributed by atoms with E-state index < -0.39 is 12.1 Å². The molecule has 3 rings (SSSR count). The zero-order chi connectivity index (χ0) is 25.0. The predicted octanol–water partition coefficient (Wildman–Crippen LogP) is 3.40. The molecule has 2 aromatic rings. The highest BCUT2D eigenvalue weighted by atomic mass is 16.5. The quantitative estimate of drug-likeness (QED) is 0.259. The Balaban J connectivity index is 1.32. The molecular formula is C27H36N4O4. The highest BCUT2D eigenvalue weighted by molar-refractivity contribution is 5.87. The van der Waals surface area contributed by atoms with Gasteiger partial charge in [-0.25, -0.2) is 4.79 Å². The second-order valence-electron chi connectivity index (χ2n) is 8.72. The molecule has 0 radical (unpaired) electrons. The maximum absolute atomic E-state index is 12.2. The summed E-state index contributed by atoms with van der Waals surface area (Å²) in [5.74, 6) is -0.370. The Hall–Kier alpha value is -3.39. The number of alkyl carbamates (subject to hydrolysis) is 1. The van der Waals surface area contributed by atoms with Gasteiger partial charge in [-0.1, -0.05) is 68.3 Å². The van der Waals surface area contributed by atoms with Gasteiger partial charge in [0.05, 0.1) is 6.67 Å². The minimum atomic E-state index is -0.550. The maximum Gasteiger partial charge on any atom is 0.407 e. The molecule has 5 N–H and O–H groups in total. The number of hydrogen-bond acceptors (Lipinski definition) is 5. The van der Waals surface area contributed by atoms with Crippen LogP contribution < -0.4 is 21.7 Å². The molecule has 0 saturated heterocycles. The van der Waals surface area contributed by atoms with Crippen LogP contribution in [0.15, 0.2) is 48.5 Å². The summed E-state index contributed by atoms with van der Waals surface area (Å²) >= 11 is 0. The van der Waals surface area contributed by atoms with Crippen LogP contribution in [0, 0.1) is 0 Å². The van der Waals surface area contributed by atoms with E-state index in [0.717, 1.165) is 19.3 Å². The molecule has 3 amide bonds. The van der Waals surface area contributed by atoms with E-state index in [9.17, 15) is 14.4 Å². The standard InChI is InChI=1S/C27H36N4O4/c1-2-10-24(26(33)30-18-28)31-25(32)15-4-3-9-16-29-27(34)35-17-23-21-13-7-5-11-19(21)20-12-6-8-14-22(20)23/h5-8,11-14,23-24H,2-4,9-10,15-18,28H2,1H3,(H,29,34)(H,30,33)(H,31,32). The molecule has 1 unspecified atom stereocenters. The third kappa shape index (κ3) is 7.29. The minimum Gasteiger partial charge on any atom is -0.449 e. The Bertz CT molecular complexity index is 965. The first kappa shape index (κ1) is 26.2. The molecule has 0 aliphatic heterocycles. The molecule has 35 heavy (non-hydrogen) atoms. The first-order valence-electron chi connectivity index (χ1n) is 12.4. The Morgan fingerprint density at radius 2 is 1.60 bits per heavy atom. The molecule has 0 bridgehead atoms. The van der Waals surface area contributed by atoms with Gasteiger partial charge in [-0.3, -0.25) is 9.59 Å². The molecule has 1 atom stereocenters. The van der Waals surface area contributed by atoms with E-state index in [2.05, 4.69) is 40.2 Å². The van der Waals surface area contributed by atoms with Crippen molar-refractivity contribution in [3.8, 4) is 11.1 Å². The lowest BCUT2D eigenvalue weighted by Crippen LogP contribution is -2.47. The van der Waals surface area contributed by atoms with E-state index in [-0.39, 0.29) is 31.0 Å². The molecule has 0 heterocycles. The number of carbonyl (C=O) groups excluding carboxylic acids is 3. The number of fused-ring (bicyclic) bond motifs is 3. The summed E-state index contributed by atoms with van der Waals surface area (Å²) in [6, 6.07) is 15.9. The number of rotatable bonds is 13. The zero-order valence-corrected chi connectivity index (χ0v) is 20.3. The number of nitrogens with two attached hydrogens (primary N) is 1.